The lowest BCUT2D eigenvalue weighted by Gasteiger charge is -2.18. The first-order valence-electron chi connectivity index (χ1n) is 9.69. The fraction of sp³-hybridized carbons (Fsp3) is 0.130. The van der Waals surface area contributed by atoms with Gasteiger partial charge in [-0.2, -0.15) is 0 Å². The summed E-state index contributed by atoms with van der Waals surface area (Å²) in [6.07, 6.45) is 1.28. The number of benzene rings is 2. The highest BCUT2D eigenvalue weighted by Crippen LogP contribution is 2.30. The minimum absolute atomic E-state index is 0.0246. The number of hydrogen-bond acceptors (Lipinski definition) is 5. The SMILES string of the molecule is CC(=O)N[C@@H](CC(=O)Nn1cnc2scc(-c3ccccc3)c2c1=O)c1ccccc1. The van der Waals surface area contributed by atoms with Crippen LogP contribution >= 0.6 is 11.3 Å². The molecule has 7 nitrogen and oxygen atoms in total. The van der Waals surface area contributed by atoms with Crippen LogP contribution in [0.25, 0.3) is 21.3 Å². The van der Waals surface area contributed by atoms with Crippen molar-refractivity contribution in [1.82, 2.24) is 15.0 Å². The maximum absolute atomic E-state index is 13.1. The molecular formula is C23H20N4O3S. The van der Waals surface area contributed by atoms with Crippen molar-refractivity contribution in [2.75, 3.05) is 5.43 Å². The number of aromatic nitrogens is 2. The average molecular weight is 433 g/mol. The van der Waals surface area contributed by atoms with Crippen LogP contribution in [0, 0.1) is 0 Å². The molecule has 0 spiro atoms. The monoisotopic (exact) mass is 432 g/mol. The van der Waals surface area contributed by atoms with Crippen LogP contribution in [0.4, 0.5) is 0 Å². The highest BCUT2D eigenvalue weighted by atomic mass is 32.1. The van der Waals surface area contributed by atoms with Crippen molar-refractivity contribution in [3.63, 3.8) is 0 Å². The van der Waals surface area contributed by atoms with Crippen molar-refractivity contribution in [2.24, 2.45) is 0 Å². The molecule has 0 aliphatic rings. The first kappa shape index (κ1) is 20.5. The molecule has 8 heteroatoms. The van der Waals surface area contributed by atoms with Gasteiger partial charge in [0.05, 0.1) is 17.8 Å². The normalized spacial score (nSPS) is 11.8. The van der Waals surface area contributed by atoms with Gasteiger partial charge in [-0.05, 0) is 11.1 Å². The number of nitrogens with zero attached hydrogens (tertiary/aromatic N) is 2. The quantitative estimate of drug-likeness (QED) is 0.488. The van der Waals surface area contributed by atoms with Crippen molar-refractivity contribution < 1.29 is 9.59 Å². The zero-order valence-electron chi connectivity index (χ0n) is 16.7. The van der Waals surface area contributed by atoms with Crippen LogP contribution in [-0.4, -0.2) is 21.5 Å². The Balaban J connectivity index is 1.61. The zero-order chi connectivity index (χ0) is 21.8. The van der Waals surface area contributed by atoms with Gasteiger partial charge >= 0.3 is 0 Å². The highest BCUT2D eigenvalue weighted by molar-refractivity contribution is 7.17. The second-order valence-electron chi connectivity index (χ2n) is 7.02. The number of fused-ring (bicyclic) bond motifs is 1. The van der Waals surface area contributed by atoms with E-state index in [1.54, 1.807) is 0 Å². The van der Waals surface area contributed by atoms with E-state index in [1.165, 1.54) is 24.6 Å². The lowest BCUT2D eigenvalue weighted by Crippen LogP contribution is -2.36. The van der Waals surface area contributed by atoms with E-state index < -0.39 is 11.9 Å². The number of thiophene rings is 1. The van der Waals surface area contributed by atoms with Gasteiger partial charge in [0.25, 0.3) is 5.56 Å². The van der Waals surface area contributed by atoms with Crippen LogP contribution in [0.5, 0.6) is 0 Å². The number of carbonyl (C=O) groups excluding carboxylic acids is 2. The van der Waals surface area contributed by atoms with Crippen LogP contribution in [0.1, 0.15) is 24.9 Å². The van der Waals surface area contributed by atoms with E-state index >= 15 is 0 Å². The van der Waals surface area contributed by atoms with Crippen molar-refractivity contribution in [3.05, 3.63) is 88.3 Å². The fourth-order valence-corrected chi connectivity index (χ4v) is 4.30. The number of hydrogen-bond donors (Lipinski definition) is 2. The molecule has 31 heavy (non-hydrogen) atoms. The van der Waals surface area contributed by atoms with E-state index in [4.69, 9.17) is 0 Å². The maximum atomic E-state index is 13.1. The number of amides is 2. The lowest BCUT2D eigenvalue weighted by atomic mass is 10.0. The number of carbonyl (C=O) groups is 2. The zero-order valence-corrected chi connectivity index (χ0v) is 17.6. The Morgan fingerprint density at radius 2 is 1.74 bits per heavy atom. The first-order chi connectivity index (χ1) is 15.0. The third-order valence-corrected chi connectivity index (χ3v) is 5.68. The van der Waals surface area contributed by atoms with E-state index in [0.29, 0.717) is 10.2 Å². The minimum atomic E-state index is -0.507. The molecule has 156 valence electrons. The first-order valence-corrected chi connectivity index (χ1v) is 10.6. The van der Waals surface area contributed by atoms with Crippen molar-refractivity contribution in [1.29, 1.82) is 0 Å². The van der Waals surface area contributed by atoms with E-state index in [1.807, 2.05) is 66.0 Å². The predicted molar refractivity (Wildman–Crippen MR) is 121 cm³/mol. The molecule has 0 saturated heterocycles. The molecule has 0 bridgehead atoms. The van der Waals surface area contributed by atoms with Gasteiger partial charge in [0, 0.05) is 17.9 Å². The molecular weight excluding hydrogens is 412 g/mol. The second-order valence-corrected chi connectivity index (χ2v) is 7.88. The fourth-order valence-electron chi connectivity index (χ4n) is 3.39. The van der Waals surface area contributed by atoms with Crippen LogP contribution in [0.2, 0.25) is 0 Å². The molecule has 2 amide bonds. The van der Waals surface area contributed by atoms with Gasteiger partial charge in [0.2, 0.25) is 11.8 Å². The molecule has 0 saturated carbocycles. The molecule has 2 aromatic carbocycles. The Kier molecular flexibility index (Phi) is 5.90. The van der Waals surface area contributed by atoms with Gasteiger partial charge < -0.3 is 5.32 Å². The van der Waals surface area contributed by atoms with Gasteiger partial charge in [-0.15, -0.1) is 11.3 Å². The smallest absolute Gasteiger partial charge is 0.281 e. The summed E-state index contributed by atoms with van der Waals surface area (Å²) in [5.74, 6) is -0.657. The van der Waals surface area contributed by atoms with E-state index in [-0.39, 0.29) is 17.9 Å². The summed E-state index contributed by atoms with van der Waals surface area (Å²) in [5, 5.41) is 5.13. The van der Waals surface area contributed by atoms with Crippen LogP contribution in [-0.2, 0) is 9.59 Å². The molecule has 1 atom stereocenters. The van der Waals surface area contributed by atoms with Crippen molar-refractivity contribution in [2.45, 2.75) is 19.4 Å². The van der Waals surface area contributed by atoms with Crippen molar-refractivity contribution >= 4 is 33.4 Å². The molecule has 4 rings (SSSR count). The summed E-state index contributed by atoms with van der Waals surface area (Å²) >= 11 is 1.38. The van der Waals surface area contributed by atoms with Crippen LogP contribution in [0.15, 0.2) is 77.2 Å². The molecule has 2 heterocycles. The Morgan fingerprint density at radius 3 is 2.42 bits per heavy atom. The summed E-state index contributed by atoms with van der Waals surface area (Å²) in [6, 6.07) is 18.3. The molecule has 0 aliphatic heterocycles. The van der Waals surface area contributed by atoms with Gasteiger partial charge in [0.1, 0.15) is 11.2 Å². The van der Waals surface area contributed by atoms with E-state index in [9.17, 15) is 14.4 Å². The van der Waals surface area contributed by atoms with Gasteiger partial charge in [-0.25, -0.2) is 9.66 Å². The molecule has 2 N–H and O–H groups in total. The topological polar surface area (TPSA) is 93.1 Å². The second kappa shape index (κ2) is 8.93. The summed E-state index contributed by atoms with van der Waals surface area (Å²) in [6.45, 7) is 1.40. The Hall–Kier alpha value is -3.78. The van der Waals surface area contributed by atoms with Gasteiger partial charge in [-0.1, -0.05) is 60.7 Å². The number of rotatable bonds is 6. The largest absolute Gasteiger partial charge is 0.349 e. The third-order valence-electron chi connectivity index (χ3n) is 4.79. The standard InChI is InChI=1S/C23H20N4O3S/c1-15(28)25-19(17-10-6-3-7-11-17)12-20(29)26-27-14-24-22-21(23(27)30)18(13-31-22)16-8-4-2-5-9-16/h2-11,13-14,19H,12H2,1H3,(H,25,28)(H,26,29)/t19-/m0/s1. The van der Waals surface area contributed by atoms with Gasteiger partial charge in [0.15, 0.2) is 0 Å². The highest BCUT2D eigenvalue weighted by Gasteiger charge is 2.19. The Bertz CT molecular complexity index is 1280. The van der Waals surface area contributed by atoms with E-state index in [2.05, 4.69) is 15.7 Å². The number of nitrogens with one attached hydrogen (secondary N) is 2. The van der Waals surface area contributed by atoms with Crippen LogP contribution < -0.4 is 16.3 Å². The minimum Gasteiger partial charge on any atom is -0.349 e. The summed E-state index contributed by atoms with van der Waals surface area (Å²) in [7, 11) is 0. The molecule has 0 aliphatic carbocycles. The summed E-state index contributed by atoms with van der Waals surface area (Å²) in [4.78, 5) is 42.3. The van der Waals surface area contributed by atoms with Crippen molar-refractivity contribution in [3.8, 4) is 11.1 Å². The predicted octanol–water partition coefficient (Wildman–Crippen LogP) is 3.46. The maximum Gasteiger partial charge on any atom is 0.281 e. The molecule has 2 aromatic heterocycles. The molecule has 0 radical (unpaired) electrons. The molecule has 4 aromatic rings. The molecule has 0 unspecified atom stereocenters. The lowest BCUT2D eigenvalue weighted by molar-refractivity contribution is -0.120. The summed E-state index contributed by atoms with van der Waals surface area (Å²) in [5.41, 5.74) is 4.74. The van der Waals surface area contributed by atoms with E-state index in [0.717, 1.165) is 21.4 Å². The Morgan fingerprint density at radius 1 is 1.06 bits per heavy atom. The third kappa shape index (κ3) is 4.54. The summed E-state index contributed by atoms with van der Waals surface area (Å²) < 4.78 is 1.10. The van der Waals surface area contributed by atoms with Crippen LogP contribution in [0.3, 0.4) is 0 Å². The van der Waals surface area contributed by atoms with Gasteiger partial charge in [-0.3, -0.25) is 19.8 Å². The Labute approximate surface area is 182 Å². The molecule has 0 fully saturated rings. The average Bonchev–Trinajstić information content (AvgIpc) is 3.21.